The molecule has 3 N–H and O–H groups in total. The van der Waals surface area contributed by atoms with E-state index in [9.17, 15) is 8.42 Å². The zero-order chi connectivity index (χ0) is 12.5. The molecule has 1 heterocycles. The first-order valence-corrected chi connectivity index (χ1v) is 6.28. The second-order valence-electron chi connectivity index (χ2n) is 3.42. The molecule has 1 aromatic heterocycles. The Morgan fingerprint density at radius 1 is 1.29 bits per heavy atom. The number of sulfonamides is 1. The van der Waals surface area contributed by atoms with Crippen LogP contribution >= 0.6 is 0 Å². The first-order chi connectivity index (χ1) is 8.00. The van der Waals surface area contributed by atoms with Gasteiger partial charge in [-0.3, -0.25) is 4.72 Å². The maximum absolute atomic E-state index is 11.9. The van der Waals surface area contributed by atoms with Gasteiger partial charge in [0.05, 0.1) is 4.90 Å². The summed E-state index contributed by atoms with van der Waals surface area (Å²) in [7, 11) is -3.67. The van der Waals surface area contributed by atoms with Crippen LogP contribution in [0.2, 0.25) is 0 Å². The number of nitrogens with one attached hydrogen (secondary N) is 1. The van der Waals surface area contributed by atoms with Crippen molar-refractivity contribution < 1.29 is 12.9 Å². The third kappa shape index (κ3) is 2.23. The zero-order valence-electron chi connectivity index (χ0n) is 9.04. The molecule has 2 rings (SSSR count). The number of benzene rings is 1. The first kappa shape index (κ1) is 11.5. The molecule has 2 aromatic rings. The first-order valence-electron chi connectivity index (χ1n) is 4.80. The summed E-state index contributed by atoms with van der Waals surface area (Å²) in [4.78, 5) is 0.139. The van der Waals surface area contributed by atoms with Crippen LogP contribution in [0, 0.1) is 6.92 Å². The lowest BCUT2D eigenvalue weighted by Crippen LogP contribution is -2.14. The third-order valence-electron chi connectivity index (χ3n) is 2.19. The van der Waals surface area contributed by atoms with E-state index in [2.05, 4.69) is 9.88 Å². The van der Waals surface area contributed by atoms with Crippen LogP contribution in [0.25, 0.3) is 0 Å². The van der Waals surface area contributed by atoms with Crippen LogP contribution in [-0.2, 0) is 10.0 Å². The van der Waals surface area contributed by atoms with Gasteiger partial charge in [0.2, 0.25) is 5.82 Å². The Balaban J connectivity index is 2.34. The second kappa shape index (κ2) is 4.10. The van der Waals surface area contributed by atoms with Crippen LogP contribution in [0.4, 0.5) is 11.5 Å². The molecule has 0 unspecified atom stereocenters. The van der Waals surface area contributed by atoms with Crippen molar-refractivity contribution in [2.45, 2.75) is 11.8 Å². The lowest BCUT2D eigenvalue weighted by Gasteiger charge is -2.04. The van der Waals surface area contributed by atoms with E-state index < -0.39 is 10.0 Å². The van der Waals surface area contributed by atoms with Gasteiger partial charge in [-0.1, -0.05) is 23.4 Å². The van der Waals surface area contributed by atoms with Crippen LogP contribution in [0.5, 0.6) is 0 Å². The maximum atomic E-state index is 11.9. The number of anilines is 2. The van der Waals surface area contributed by atoms with E-state index in [1.165, 1.54) is 12.1 Å². The van der Waals surface area contributed by atoms with E-state index in [1.54, 1.807) is 25.1 Å². The minimum Gasteiger partial charge on any atom is -0.393 e. The smallest absolute Gasteiger partial charge is 0.263 e. The minimum atomic E-state index is -3.67. The number of nitrogens with zero attached hydrogens (tertiary/aromatic N) is 1. The largest absolute Gasteiger partial charge is 0.393 e. The number of hydrogen-bond acceptors (Lipinski definition) is 5. The van der Waals surface area contributed by atoms with Gasteiger partial charge < -0.3 is 10.3 Å². The van der Waals surface area contributed by atoms with Crippen molar-refractivity contribution in [3.05, 3.63) is 36.1 Å². The summed E-state index contributed by atoms with van der Waals surface area (Å²) in [6, 6.07) is 7.95. The SMILES string of the molecule is Cc1onc(NS(=O)(=O)c2ccccc2)c1N. The van der Waals surface area contributed by atoms with Gasteiger partial charge in [0, 0.05) is 0 Å². The van der Waals surface area contributed by atoms with Gasteiger partial charge in [-0.15, -0.1) is 0 Å². The molecule has 0 amide bonds. The molecule has 0 atom stereocenters. The highest BCUT2D eigenvalue weighted by molar-refractivity contribution is 7.92. The number of nitrogen functional groups attached to an aromatic ring is 1. The molecule has 17 heavy (non-hydrogen) atoms. The Morgan fingerprint density at radius 3 is 2.47 bits per heavy atom. The predicted molar refractivity (Wildman–Crippen MR) is 62.9 cm³/mol. The maximum Gasteiger partial charge on any atom is 0.263 e. The standard InChI is InChI=1S/C10H11N3O3S/c1-7-9(11)10(12-16-7)13-17(14,15)8-5-3-2-4-6-8/h2-6H,11H2,1H3,(H,12,13). The monoisotopic (exact) mass is 253 g/mol. The number of hydrogen-bond donors (Lipinski definition) is 2. The molecule has 0 saturated heterocycles. The molecule has 1 aromatic carbocycles. The number of aryl methyl sites for hydroxylation is 1. The molecule has 0 spiro atoms. The zero-order valence-corrected chi connectivity index (χ0v) is 9.86. The molecule has 6 nitrogen and oxygen atoms in total. The van der Waals surface area contributed by atoms with Gasteiger partial charge in [-0.2, -0.15) is 0 Å². The molecular weight excluding hydrogens is 242 g/mol. The van der Waals surface area contributed by atoms with Crippen LogP contribution < -0.4 is 10.5 Å². The predicted octanol–water partition coefficient (Wildman–Crippen LogP) is 1.37. The minimum absolute atomic E-state index is 0.00588. The summed E-state index contributed by atoms with van der Waals surface area (Å²) in [5.74, 6) is 0.377. The summed E-state index contributed by atoms with van der Waals surface area (Å²) < 4.78 is 30.9. The Labute approximate surface area is 98.5 Å². The Morgan fingerprint density at radius 2 is 1.94 bits per heavy atom. The fraction of sp³-hybridized carbons (Fsp3) is 0.100. The molecule has 0 aliphatic heterocycles. The van der Waals surface area contributed by atoms with E-state index >= 15 is 0 Å². The van der Waals surface area contributed by atoms with Gasteiger partial charge in [0.25, 0.3) is 10.0 Å². The summed E-state index contributed by atoms with van der Waals surface area (Å²) in [5, 5.41) is 3.54. The van der Waals surface area contributed by atoms with Crippen molar-refractivity contribution in [2.75, 3.05) is 10.5 Å². The van der Waals surface area contributed by atoms with Crippen molar-refractivity contribution in [1.29, 1.82) is 0 Å². The fourth-order valence-electron chi connectivity index (χ4n) is 1.24. The Bertz CT molecular complexity index is 620. The lowest BCUT2D eigenvalue weighted by atomic mass is 10.4. The number of rotatable bonds is 3. The van der Waals surface area contributed by atoms with Crippen molar-refractivity contribution in [1.82, 2.24) is 5.16 Å². The summed E-state index contributed by atoms with van der Waals surface area (Å²) >= 11 is 0. The summed E-state index contributed by atoms with van der Waals surface area (Å²) in [6.07, 6.45) is 0. The van der Waals surface area contributed by atoms with Crippen molar-refractivity contribution >= 4 is 21.5 Å². The van der Waals surface area contributed by atoms with E-state index in [4.69, 9.17) is 10.3 Å². The molecule has 0 aliphatic rings. The molecular formula is C10H11N3O3S. The molecule has 0 radical (unpaired) electrons. The molecule has 0 saturated carbocycles. The molecule has 0 fully saturated rings. The highest BCUT2D eigenvalue weighted by atomic mass is 32.2. The van der Waals surface area contributed by atoms with Crippen LogP contribution in [0.1, 0.15) is 5.76 Å². The topological polar surface area (TPSA) is 98.2 Å². The molecule has 90 valence electrons. The van der Waals surface area contributed by atoms with Crippen LogP contribution in [0.3, 0.4) is 0 Å². The normalized spacial score (nSPS) is 11.4. The van der Waals surface area contributed by atoms with Gasteiger partial charge in [0.15, 0.2) is 5.76 Å². The number of aromatic nitrogens is 1. The Kier molecular flexibility index (Phi) is 2.76. The van der Waals surface area contributed by atoms with Crippen molar-refractivity contribution in [3.8, 4) is 0 Å². The summed E-state index contributed by atoms with van der Waals surface area (Å²) in [6.45, 7) is 1.60. The van der Waals surface area contributed by atoms with E-state index in [0.717, 1.165) is 0 Å². The fourth-order valence-corrected chi connectivity index (χ4v) is 2.27. The van der Waals surface area contributed by atoms with Crippen LogP contribution in [0.15, 0.2) is 39.8 Å². The number of nitrogens with two attached hydrogens (primary N) is 1. The third-order valence-corrected chi connectivity index (χ3v) is 3.55. The Hall–Kier alpha value is -2.02. The summed E-state index contributed by atoms with van der Waals surface area (Å²) in [5.41, 5.74) is 5.79. The van der Waals surface area contributed by atoms with Crippen molar-refractivity contribution in [3.63, 3.8) is 0 Å². The van der Waals surface area contributed by atoms with E-state index in [-0.39, 0.29) is 16.4 Å². The second-order valence-corrected chi connectivity index (χ2v) is 5.10. The highest BCUT2D eigenvalue weighted by Gasteiger charge is 2.18. The van der Waals surface area contributed by atoms with Crippen molar-refractivity contribution in [2.24, 2.45) is 0 Å². The van der Waals surface area contributed by atoms with Gasteiger partial charge >= 0.3 is 0 Å². The average molecular weight is 253 g/mol. The molecule has 0 bridgehead atoms. The molecule has 7 heteroatoms. The average Bonchev–Trinajstić information content (AvgIpc) is 2.62. The van der Waals surface area contributed by atoms with E-state index in [0.29, 0.717) is 5.76 Å². The van der Waals surface area contributed by atoms with Gasteiger partial charge in [0.1, 0.15) is 5.69 Å². The molecule has 0 aliphatic carbocycles. The van der Waals surface area contributed by atoms with Crippen LogP contribution in [-0.4, -0.2) is 13.6 Å². The highest BCUT2D eigenvalue weighted by Crippen LogP contribution is 2.23. The lowest BCUT2D eigenvalue weighted by molar-refractivity contribution is 0.401. The quantitative estimate of drug-likeness (QED) is 0.860. The van der Waals surface area contributed by atoms with Gasteiger partial charge in [-0.05, 0) is 19.1 Å². The van der Waals surface area contributed by atoms with E-state index in [1.807, 2.05) is 0 Å². The van der Waals surface area contributed by atoms with Gasteiger partial charge in [-0.25, -0.2) is 8.42 Å².